The Morgan fingerprint density at radius 1 is 1.36 bits per heavy atom. The molecular formula is C12H26N2. The summed E-state index contributed by atoms with van der Waals surface area (Å²) in [7, 11) is 0. The van der Waals surface area contributed by atoms with Crippen LogP contribution in [0.5, 0.6) is 0 Å². The van der Waals surface area contributed by atoms with E-state index in [-0.39, 0.29) is 0 Å². The third-order valence-corrected chi connectivity index (χ3v) is 3.58. The third kappa shape index (κ3) is 2.71. The summed E-state index contributed by atoms with van der Waals surface area (Å²) in [5.74, 6) is 0.826. The average molecular weight is 198 g/mol. The molecule has 2 heteroatoms. The van der Waals surface area contributed by atoms with Crippen molar-refractivity contribution in [3.63, 3.8) is 0 Å². The van der Waals surface area contributed by atoms with Crippen molar-refractivity contribution in [1.29, 1.82) is 0 Å². The number of likely N-dealkylation sites (N-methyl/N-ethyl adjacent to an activating group) is 1. The highest BCUT2D eigenvalue weighted by Gasteiger charge is 2.30. The minimum atomic E-state index is 0.390. The van der Waals surface area contributed by atoms with Gasteiger partial charge in [0, 0.05) is 18.1 Å². The molecule has 0 aromatic rings. The summed E-state index contributed by atoms with van der Waals surface area (Å²) < 4.78 is 0. The Hall–Kier alpha value is -0.0800. The van der Waals surface area contributed by atoms with E-state index >= 15 is 0 Å². The van der Waals surface area contributed by atoms with Crippen molar-refractivity contribution in [2.24, 2.45) is 11.7 Å². The molecule has 0 aromatic heterocycles. The molecule has 3 unspecified atom stereocenters. The van der Waals surface area contributed by atoms with E-state index in [9.17, 15) is 0 Å². The summed E-state index contributed by atoms with van der Waals surface area (Å²) in [4.78, 5) is 2.55. The number of rotatable bonds is 3. The molecular weight excluding hydrogens is 172 g/mol. The van der Waals surface area contributed by atoms with Crippen molar-refractivity contribution >= 4 is 0 Å². The van der Waals surface area contributed by atoms with Crippen molar-refractivity contribution in [2.75, 3.05) is 6.54 Å². The summed E-state index contributed by atoms with van der Waals surface area (Å²) in [6.07, 6.45) is 3.84. The van der Waals surface area contributed by atoms with Gasteiger partial charge in [0.2, 0.25) is 0 Å². The molecule has 1 rings (SSSR count). The van der Waals surface area contributed by atoms with E-state index in [2.05, 4.69) is 32.6 Å². The van der Waals surface area contributed by atoms with E-state index in [0.717, 1.165) is 12.5 Å². The van der Waals surface area contributed by atoms with Crippen LogP contribution < -0.4 is 5.73 Å². The fraction of sp³-hybridized carbons (Fsp3) is 1.00. The molecule has 2 nitrogen and oxygen atoms in total. The molecule has 1 saturated carbocycles. The number of nitrogens with two attached hydrogens (primary N) is 1. The number of hydrogen-bond donors (Lipinski definition) is 1. The lowest BCUT2D eigenvalue weighted by Gasteiger charge is -2.42. The standard InChI is InChI=1S/C12H26N2/c1-5-14(9(2)3)12-7-6-10(4)8-11(12)13/h9-12H,5-8,13H2,1-4H3. The van der Waals surface area contributed by atoms with Crippen molar-refractivity contribution in [2.45, 2.75) is 65.1 Å². The van der Waals surface area contributed by atoms with Crippen LogP contribution in [-0.4, -0.2) is 29.6 Å². The van der Waals surface area contributed by atoms with Crippen LogP contribution in [-0.2, 0) is 0 Å². The van der Waals surface area contributed by atoms with Gasteiger partial charge >= 0.3 is 0 Å². The minimum absolute atomic E-state index is 0.390. The molecule has 84 valence electrons. The summed E-state index contributed by atoms with van der Waals surface area (Å²) in [5, 5.41) is 0. The summed E-state index contributed by atoms with van der Waals surface area (Å²) in [5.41, 5.74) is 6.24. The van der Waals surface area contributed by atoms with Crippen LogP contribution in [0.4, 0.5) is 0 Å². The largest absolute Gasteiger partial charge is 0.326 e. The molecule has 0 aromatic carbocycles. The van der Waals surface area contributed by atoms with Gasteiger partial charge in [-0.25, -0.2) is 0 Å². The first-order chi connectivity index (χ1) is 6.56. The van der Waals surface area contributed by atoms with Crippen LogP contribution >= 0.6 is 0 Å². The molecule has 1 aliphatic carbocycles. The van der Waals surface area contributed by atoms with Gasteiger partial charge in [-0.05, 0) is 45.6 Å². The summed E-state index contributed by atoms with van der Waals surface area (Å²) in [6, 6.07) is 1.64. The van der Waals surface area contributed by atoms with Gasteiger partial charge in [-0.3, -0.25) is 4.90 Å². The molecule has 0 amide bonds. The molecule has 0 aliphatic heterocycles. The van der Waals surface area contributed by atoms with Gasteiger partial charge in [0.15, 0.2) is 0 Å². The van der Waals surface area contributed by atoms with E-state index in [1.807, 2.05) is 0 Å². The molecule has 14 heavy (non-hydrogen) atoms. The first-order valence-corrected chi connectivity index (χ1v) is 6.07. The Kier molecular flexibility index (Phi) is 4.39. The second-order valence-corrected chi connectivity index (χ2v) is 5.07. The SMILES string of the molecule is CCN(C(C)C)C1CCC(C)CC1N. The predicted octanol–water partition coefficient (Wildman–Crippen LogP) is 2.23. The van der Waals surface area contributed by atoms with Gasteiger partial charge in [0.25, 0.3) is 0 Å². The molecule has 2 N–H and O–H groups in total. The topological polar surface area (TPSA) is 29.3 Å². The highest BCUT2D eigenvalue weighted by Crippen LogP contribution is 2.27. The molecule has 0 heterocycles. The molecule has 1 fully saturated rings. The second-order valence-electron chi connectivity index (χ2n) is 5.07. The smallest absolute Gasteiger partial charge is 0.0249 e. The predicted molar refractivity (Wildman–Crippen MR) is 62.3 cm³/mol. The molecule has 0 bridgehead atoms. The third-order valence-electron chi connectivity index (χ3n) is 3.58. The quantitative estimate of drug-likeness (QED) is 0.753. The first-order valence-electron chi connectivity index (χ1n) is 6.07. The van der Waals surface area contributed by atoms with Crippen LogP contribution in [0.1, 0.15) is 47.0 Å². The zero-order valence-corrected chi connectivity index (χ0v) is 10.2. The Morgan fingerprint density at radius 2 is 2.00 bits per heavy atom. The Bertz CT molecular complexity index is 168. The number of nitrogens with zero attached hydrogens (tertiary/aromatic N) is 1. The van der Waals surface area contributed by atoms with Gasteiger partial charge in [0.05, 0.1) is 0 Å². The fourth-order valence-corrected chi connectivity index (χ4v) is 2.80. The van der Waals surface area contributed by atoms with Gasteiger partial charge < -0.3 is 5.73 Å². The van der Waals surface area contributed by atoms with Crippen LogP contribution in [0, 0.1) is 5.92 Å². The van der Waals surface area contributed by atoms with Crippen molar-refractivity contribution in [3.8, 4) is 0 Å². The van der Waals surface area contributed by atoms with Crippen molar-refractivity contribution in [3.05, 3.63) is 0 Å². The lowest BCUT2D eigenvalue weighted by molar-refractivity contribution is 0.0971. The molecule has 0 spiro atoms. The first kappa shape index (κ1) is 12.0. The highest BCUT2D eigenvalue weighted by molar-refractivity contribution is 4.88. The monoisotopic (exact) mass is 198 g/mol. The maximum Gasteiger partial charge on any atom is 0.0249 e. The Balaban J connectivity index is 2.57. The van der Waals surface area contributed by atoms with Crippen LogP contribution in [0.25, 0.3) is 0 Å². The normalized spacial score (nSPS) is 34.1. The van der Waals surface area contributed by atoms with E-state index in [1.54, 1.807) is 0 Å². The van der Waals surface area contributed by atoms with E-state index in [4.69, 9.17) is 5.73 Å². The zero-order chi connectivity index (χ0) is 10.7. The summed E-state index contributed by atoms with van der Waals surface area (Å²) in [6.45, 7) is 10.2. The second kappa shape index (κ2) is 5.13. The summed E-state index contributed by atoms with van der Waals surface area (Å²) >= 11 is 0. The molecule has 1 aliphatic rings. The van der Waals surface area contributed by atoms with Crippen LogP contribution in [0.3, 0.4) is 0 Å². The Morgan fingerprint density at radius 3 is 2.43 bits per heavy atom. The average Bonchev–Trinajstić information content (AvgIpc) is 2.09. The van der Waals surface area contributed by atoms with E-state index < -0.39 is 0 Å². The van der Waals surface area contributed by atoms with Crippen LogP contribution in [0.15, 0.2) is 0 Å². The Labute approximate surface area is 88.8 Å². The lowest BCUT2D eigenvalue weighted by atomic mass is 9.82. The maximum atomic E-state index is 6.24. The molecule has 3 atom stereocenters. The highest BCUT2D eigenvalue weighted by atomic mass is 15.2. The number of hydrogen-bond acceptors (Lipinski definition) is 2. The van der Waals surface area contributed by atoms with Gasteiger partial charge in [-0.15, -0.1) is 0 Å². The van der Waals surface area contributed by atoms with Gasteiger partial charge in [-0.2, -0.15) is 0 Å². The van der Waals surface area contributed by atoms with Crippen molar-refractivity contribution in [1.82, 2.24) is 4.90 Å². The lowest BCUT2D eigenvalue weighted by Crippen LogP contribution is -2.53. The van der Waals surface area contributed by atoms with E-state index in [0.29, 0.717) is 18.1 Å². The van der Waals surface area contributed by atoms with Crippen LogP contribution in [0.2, 0.25) is 0 Å². The zero-order valence-electron chi connectivity index (χ0n) is 10.2. The van der Waals surface area contributed by atoms with E-state index in [1.165, 1.54) is 19.3 Å². The van der Waals surface area contributed by atoms with Gasteiger partial charge in [-0.1, -0.05) is 13.8 Å². The minimum Gasteiger partial charge on any atom is -0.326 e. The fourth-order valence-electron chi connectivity index (χ4n) is 2.80. The maximum absolute atomic E-state index is 6.24. The molecule has 0 radical (unpaired) electrons. The van der Waals surface area contributed by atoms with Gasteiger partial charge in [0.1, 0.15) is 0 Å². The van der Waals surface area contributed by atoms with Crippen molar-refractivity contribution < 1.29 is 0 Å². The molecule has 0 saturated heterocycles.